The minimum absolute atomic E-state index is 0.243. The standard InChI is InChI=1S/C28H28N2O6/c1-17-6-8-19(9-7-17)28(32)30-24(20-10-13-25(34-4)27(14-20)35-5)16-23(29-30)22-12-11-21(33-3)15-26(22)36-18(2)31/h6-15,24H,16H2,1-5H3/t24-/m1/s1. The van der Waals surface area contributed by atoms with Crippen LogP contribution in [0.3, 0.4) is 0 Å². The summed E-state index contributed by atoms with van der Waals surface area (Å²) < 4.78 is 21.6. The van der Waals surface area contributed by atoms with Gasteiger partial charge in [-0.3, -0.25) is 9.59 Å². The molecule has 0 unspecified atom stereocenters. The highest BCUT2D eigenvalue weighted by Gasteiger charge is 2.35. The quantitative estimate of drug-likeness (QED) is 0.346. The largest absolute Gasteiger partial charge is 0.497 e. The van der Waals surface area contributed by atoms with E-state index in [0.29, 0.717) is 46.3 Å². The molecule has 0 bridgehead atoms. The number of hydrazone groups is 1. The normalized spacial score (nSPS) is 14.8. The highest BCUT2D eigenvalue weighted by Crippen LogP contribution is 2.39. The topological polar surface area (TPSA) is 86.7 Å². The second kappa shape index (κ2) is 10.5. The molecule has 1 amide bonds. The van der Waals surface area contributed by atoms with E-state index in [1.807, 2.05) is 31.2 Å². The van der Waals surface area contributed by atoms with E-state index >= 15 is 0 Å². The minimum atomic E-state index is -0.466. The first-order chi connectivity index (χ1) is 17.3. The van der Waals surface area contributed by atoms with Gasteiger partial charge in [0, 0.05) is 30.5 Å². The molecule has 0 spiro atoms. The van der Waals surface area contributed by atoms with E-state index in [1.165, 1.54) is 19.0 Å². The number of aryl methyl sites for hydroxylation is 1. The molecule has 0 N–H and O–H groups in total. The number of carbonyl (C=O) groups is 2. The van der Waals surface area contributed by atoms with Crippen molar-refractivity contribution in [3.05, 3.63) is 82.9 Å². The third kappa shape index (κ3) is 5.02. The third-order valence-electron chi connectivity index (χ3n) is 5.96. The number of benzene rings is 3. The summed E-state index contributed by atoms with van der Waals surface area (Å²) in [7, 11) is 4.67. The minimum Gasteiger partial charge on any atom is -0.497 e. The maximum atomic E-state index is 13.6. The van der Waals surface area contributed by atoms with Crippen molar-refractivity contribution in [2.24, 2.45) is 5.10 Å². The summed E-state index contributed by atoms with van der Waals surface area (Å²) in [5, 5.41) is 6.21. The Balaban J connectivity index is 1.80. The first-order valence-corrected chi connectivity index (χ1v) is 11.4. The molecular formula is C28H28N2O6. The van der Waals surface area contributed by atoms with Crippen molar-refractivity contribution in [1.82, 2.24) is 5.01 Å². The number of rotatable bonds is 7. The molecule has 3 aromatic carbocycles. The van der Waals surface area contributed by atoms with Crippen LogP contribution in [0.25, 0.3) is 0 Å². The van der Waals surface area contributed by atoms with Gasteiger partial charge >= 0.3 is 5.97 Å². The Morgan fingerprint density at radius 2 is 1.58 bits per heavy atom. The van der Waals surface area contributed by atoms with Crippen LogP contribution in [-0.2, 0) is 4.79 Å². The van der Waals surface area contributed by atoms with Crippen molar-refractivity contribution in [2.75, 3.05) is 21.3 Å². The predicted molar refractivity (Wildman–Crippen MR) is 135 cm³/mol. The number of esters is 1. The van der Waals surface area contributed by atoms with E-state index in [1.54, 1.807) is 50.6 Å². The number of hydrogen-bond acceptors (Lipinski definition) is 7. The molecule has 3 aromatic rings. The van der Waals surface area contributed by atoms with Crippen LogP contribution in [0.4, 0.5) is 0 Å². The molecule has 0 radical (unpaired) electrons. The van der Waals surface area contributed by atoms with E-state index in [-0.39, 0.29) is 5.91 Å². The van der Waals surface area contributed by atoms with E-state index in [2.05, 4.69) is 0 Å². The fourth-order valence-corrected chi connectivity index (χ4v) is 4.12. The molecule has 0 aliphatic carbocycles. The molecule has 0 aromatic heterocycles. The van der Waals surface area contributed by atoms with Crippen molar-refractivity contribution in [1.29, 1.82) is 0 Å². The molecule has 0 fully saturated rings. The second-order valence-corrected chi connectivity index (χ2v) is 8.35. The molecule has 0 saturated heterocycles. The number of amides is 1. The number of hydrogen-bond donors (Lipinski definition) is 0. The monoisotopic (exact) mass is 488 g/mol. The van der Waals surface area contributed by atoms with Gasteiger partial charge in [0.2, 0.25) is 0 Å². The van der Waals surface area contributed by atoms with Crippen LogP contribution in [0.1, 0.15) is 46.4 Å². The van der Waals surface area contributed by atoms with Crippen LogP contribution in [0, 0.1) is 6.92 Å². The van der Waals surface area contributed by atoms with E-state index in [9.17, 15) is 9.59 Å². The van der Waals surface area contributed by atoms with Crippen LogP contribution >= 0.6 is 0 Å². The van der Waals surface area contributed by atoms with Crippen LogP contribution < -0.4 is 18.9 Å². The van der Waals surface area contributed by atoms with Gasteiger partial charge < -0.3 is 18.9 Å². The molecule has 186 valence electrons. The molecule has 1 atom stereocenters. The van der Waals surface area contributed by atoms with Crippen LogP contribution in [0.2, 0.25) is 0 Å². The Morgan fingerprint density at radius 3 is 2.22 bits per heavy atom. The second-order valence-electron chi connectivity index (χ2n) is 8.35. The number of nitrogens with zero attached hydrogens (tertiary/aromatic N) is 2. The van der Waals surface area contributed by atoms with Crippen molar-refractivity contribution in [3.63, 3.8) is 0 Å². The maximum Gasteiger partial charge on any atom is 0.308 e. The van der Waals surface area contributed by atoms with Gasteiger partial charge in [0.25, 0.3) is 5.91 Å². The maximum absolute atomic E-state index is 13.6. The molecule has 8 heteroatoms. The zero-order chi connectivity index (χ0) is 25.8. The predicted octanol–water partition coefficient (Wildman–Crippen LogP) is 4.94. The molecule has 8 nitrogen and oxygen atoms in total. The fraction of sp³-hybridized carbons (Fsp3) is 0.250. The summed E-state index contributed by atoms with van der Waals surface area (Å²) in [5.74, 6) is 1.29. The summed E-state index contributed by atoms with van der Waals surface area (Å²) in [6, 6.07) is 17.7. The lowest BCUT2D eigenvalue weighted by Crippen LogP contribution is -2.27. The summed E-state index contributed by atoms with van der Waals surface area (Å²) in [5.41, 5.74) is 3.61. The summed E-state index contributed by atoms with van der Waals surface area (Å²) in [4.78, 5) is 25.4. The van der Waals surface area contributed by atoms with Crippen LogP contribution in [-0.4, -0.2) is 43.9 Å². The van der Waals surface area contributed by atoms with Gasteiger partial charge in [-0.15, -0.1) is 0 Å². The van der Waals surface area contributed by atoms with Gasteiger partial charge in [-0.1, -0.05) is 23.8 Å². The molecule has 4 rings (SSSR count). The van der Waals surface area contributed by atoms with Gasteiger partial charge in [0.15, 0.2) is 11.5 Å². The van der Waals surface area contributed by atoms with Gasteiger partial charge in [-0.25, -0.2) is 5.01 Å². The highest BCUT2D eigenvalue weighted by molar-refractivity contribution is 6.07. The average Bonchev–Trinajstić information content (AvgIpc) is 3.33. The Hall–Kier alpha value is -4.33. The SMILES string of the molecule is COc1ccc(C2=NN(C(=O)c3ccc(C)cc3)[C@@H](c3ccc(OC)c(OC)c3)C2)c(OC(C)=O)c1. The molecule has 36 heavy (non-hydrogen) atoms. The highest BCUT2D eigenvalue weighted by atomic mass is 16.5. The van der Waals surface area contributed by atoms with Gasteiger partial charge in [0.05, 0.1) is 33.1 Å². The lowest BCUT2D eigenvalue weighted by molar-refractivity contribution is -0.131. The van der Waals surface area contributed by atoms with Crippen LogP contribution in [0.5, 0.6) is 23.0 Å². The van der Waals surface area contributed by atoms with Gasteiger partial charge in [-0.05, 0) is 48.9 Å². The van der Waals surface area contributed by atoms with Crippen molar-refractivity contribution < 1.29 is 28.5 Å². The Morgan fingerprint density at radius 1 is 0.861 bits per heavy atom. The number of ether oxygens (including phenoxy) is 4. The molecule has 1 aliphatic heterocycles. The number of methoxy groups -OCH3 is 3. The summed E-state index contributed by atoms with van der Waals surface area (Å²) in [6.45, 7) is 3.30. The fourth-order valence-electron chi connectivity index (χ4n) is 4.12. The zero-order valence-corrected chi connectivity index (χ0v) is 20.9. The Kier molecular flexibility index (Phi) is 7.24. The molecule has 0 saturated carbocycles. The van der Waals surface area contributed by atoms with Crippen molar-refractivity contribution >= 4 is 17.6 Å². The Bertz CT molecular complexity index is 1320. The first-order valence-electron chi connectivity index (χ1n) is 11.4. The molecular weight excluding hydrogens is 460 g/mol. The lowest BCUT2D eigenvalue weighted by atomic mass is 9.97. The van der Waals surface area contributed by atoms with Crippen molar-refractivity contribution in [2.45, 2.75) is 26.3 Å². The van der Waals surface area contributed by atoms with Gasteiger partial charge in [-0.2, -0.15) is 5.10 Å². The lowest BCUT2D eigenvalue weighted by Gasteiger charge is -2.23. The zero-order valence-electron chi connectivity index (χ0n) is 20.9. The molecule has 1 aliphatic rings. The van der Waals surface area contributed by atoms with Crippen molar-refractivity contribution in [3.8, 4) is 23.0 Å². The first kappa shape index (κ1) is 24.8. The summed E-state index contributed by atoms with van der Waals surface area (Å²) >= 11 is 0. The van der Waals surface area contributed by atoms with Crippen LogP contribution in [0.15, 0.2) is 65.8 Å². The van der Waals surface area contributed by atoms with E-state index < -0.39 is 12.0 Å². The Labute approximate surface area is 210 Å². The average molecular weight is 489 g/mol. The number of carbonyl (C=O) groups excluding carboxylic acids is 2. The summed E-state index contributed by atoms with van der Waals surface area (Å²) in [6.07, 6.45) is 0.397. The van der Waals surface area contributed by atoms with E-state index in [0.717, 1.165) is 11.1 Å². The third-order valence-corrected chi connectivity index (χ3v) is 5.96. The molecule has 1 heterocycles. The smallest absolute Gasteiger partial charge is 0.308 e. The van der Waals surface area contributed by atoms with E-state index in [4.69, 9.17) is 24.0 Å². The van der Waals surface area contributed by atoms with Gasteiger partial charge in [0.1, 0.15) is 11.5 Å².